The average molecular weight is 260 g/mol. The molecule has 0 aliphatic heterocycles. The minimum Gasteiger partial charge on any atom is -0.461 e. The van der Waals surface area contributed by atoms with E-state index in [9.17, 15) is 14.9 Å². The number of nitro benzene ring substituents is 1. The Labute approximate surface area is 110 Å². The molecule has 0 aromatic heterocycles. The van der Waals surface area contributed by atoms with E-state index in [1.54, 1.807) is 6.92 Å². The first kappa shape index (κ1) is 14.4. The number of hydrogen-bond donors (Lipinski definition) is 0. The van der Waals surface area contributed by atoms with Gasteiger partial charge in [0.25, 0.3) is 5.69 Å². The molecule has 0 bridgehead atoms. The number of nitrogens with zero attached hydrogens (tertiary/aromatic N) is 2. The van der Waals surface area contributed by atoms with Gasteiger partial charge in [-0.25, -0.2) is 4.79 Å². The Morgan fingerprint density at radius 2 is 2.16 bits per heavy atom. The van der Waals surface area contributed by atoms with Gasteiger partial charge in [0, 0.05) is 18.2 Å². The first-order chi connectivity index (χ1) is 9.02. The summed E-state index contributed by atoms with van der Waals surface area (Å²) in [6.07, 6.45) is 2.70. The predicted molar refractivity (Wildman–Crippen MR) is 67.9 cm³/mol. The monoisotopic (exact) mass is 260 g/mol. The van der Waals surface area contributed by atoms with Crippen molar-refractivity contribution in [1.29, 1.82) is 5.26 Å². The van der Waals surface area contributed by atoms with E-state index < -0.39 is 10.9 Å². The third kappa shape index (κ3) is 5.00. The number of ether oxygens (including phenoxy) is 1. The molecule has 0 unspecified atom stereocenters. The number of esters is 1. The molecule has 1 aromatic carbocycles. The van der Waals surface area contributed by atoms with E-state index in [1.165, 1.54) is 36.4 Å². The van der Waals surface area contributed by atoms with Crippen molar-refractivity contribution in [2.24, 2.45) is 5.92 Å². The van der Waals surface area contributed by atoms with E-state index in [1.807, 2.05) is 6.07 Å². The van der Waals surface area contributed by atoms with Gasteiger partial charge in [0.15, 0.2) is 0 Å². The third-order valence-corrected chi connectivity index (χ3v) is 2.21. The molecule has 1 aromatic rings. The van der Waals surface area contributed by atoms with Gasteiger partial charge in [-0.15, -0.1) is 0 Å². The molecule has 0 radical (unpaired) electrons. The highest BCUT2D eigenvalue weighted by Crippen LogP contribution is 2.12. The summed E-state index contributed by atoms with van der Waals surface area (Å²) in [7, 11) is 0. The zero-order valence-electron chi connectivity index (χ0n) is 10.3. The molecule has 0 heterocycles. The Morgan fingerprint density at radius 1 is 1.53 bits per heavy atom. The molecular formula is C13H12N2O4. The van der Waals surface area contributed by atoms with Crippen LogP contribution < -0.4 is 0 Å². The van der Waals surface area contributed by atoms with Crippen LogP contribution in [0.4, 0.5) is 5.69 Å². The fourth-order valence-corrected chi connectivity index (χ4v) is 1.16. The summed E-state index contributed by atoms with van der Waals surface area (Å²) in [6.45, 7) is 1.69. The van der Waals surface area contributed by atoms with Crippen molar-refractivity contribution in [2.75, 3.05) is 6.61 Å². The summed E-state index contributed by atoms with van der Waals surface area (Å²) in [5.74, 6) is -0.905. The Hall–Kier alpha value is -2.68. The van der Waals surface area contributed by atoms with E-state index >= 15 is 0 Å². The lowest BCUT2D eigenvalue weighted by Crippen LogP contribution is -2.08. The second-order valence-electron chi connectivity index (χ2n) is 3.84. The maximum atomic E-state index is 11.3. The maximum absolute atomic E-state index is 11.3. The molecule has 1 rings (SSSR count). The summed E-state index contributed by atoms with van der Waals surface area (Å²) in [4.78, 5) is 21.2. The van der Waals surface area contributed by atoms with Gasteiger partial charge in [-0.3, -0.25) is 10.1 Å². The molecule has 0 saturated heterocycles. The van der Waals surface area contributed by atoms with Gasteiger partial charge >= 0.3 is 5.97 Å². The summed E-state index contributed by atoms with van der Waals surface area (Å²) < 4.78 is 4.82. The fourth-order valence-electron chi connectivity index (χ4n) is 1.16. The Balaban J connectivity index is 2.54. The second-order valence-corrected chi connectivity index (χ2v) is 3.84. The molecule has 0 N–H and O–H groups in total. The van der Waals surface area contributed by atoms with Crippen LogP contribution >= 0.6 is 0 Å². The van der Waals surface area contributed by atoms with Crippen molar-refractivity contribution in [1.82, 2.24) is 0 Å². The van der Waals surface area contributed by atoms with Crippen LogP contribution in [-0.4, -0.2) is 17.5 Å². The van der Waals surface area contributed by atoms with E-state index in [2.05, 4.69) is 0 Å². The Morgan fingerprint density at radius 3 is 2.68 bits per heavy atom. The molecule has 0 aliphatic rings. The normalized spacial score (nSPS) is 11.8. The van der Waals surface area contributed by atoms with Crippen LogP contribution in [0.5, 0.6) is 0 Å². The smallest absolute Gasteiger partial charge is 0.330 e. The largest absolute Gasteiger partial charge is 0.461 e. The summed E-state index contributed by atoms with van der Waals surface area (Å²) >= 11 is 0. The average Bonchev–Trinajstić information content (AvgIpc) is 2.42. The quantitative estimate of drug-likeness (QED) is 0.350. The molecule has 0 amide bonds. The Kier molecular flexibility index (Phi) is 5.23. The van der Waals surface area contributed by atoms with Crippen LogP contribution in [0.15, 0.2) is 30.3 Å². The first-order valence-electron chi connectivity index (χ1n) is 5.52. The second kappa shape index (κ2) is 6.91. The van der Waals surface area contributed by atoms with E-state index in [4.69, 9.17) is 10.00 Å². The fraction of sp³-hybridized carbons (Fsp3) is 0.231. The number of carbonyl (C=O) groups is 1. The van der Waals surface area contributed by atoms with Crippen molar-refractivity contribution in [3.8, 4) is 6.07 Å². The number of nitro groups is 1. The zero-order chi connectivity index (χ0) is 14.3. The Bertz CT molecular complexity index is 529. The SMILES string of the molecule is C[C@H](C#N)COC(=O)/C=C/c1ccc([N+](=O)[O-])cc1. The van der Waals surface area contributed by atoms with Crippen molar-refractivity contribution in [3.05, 3.63) is 46.0 Å². The minimum absolute atomic E-state index is 0.0115. The molecule has 0 saturated carbocycles. The van der Waals surface area contributed by atoms with E-state index in [0.29, 0.717) is 5.56 Å². The molecule has 6 heteroatoms. The number of rotatable bonds is 5. The standard InChI is InChI=1S/C13H12N2O4/c1-10(8-14)9-19-13(16)7-4-11-2-5-12(6-3-11)15(17)18/h2-7,10H,9H2,1H3/b7-4+/t10-/m1/s1. The van der Waals surface area contributed by atoms with Crippen LogP contribution in [0, 0.1) is 27.4 Å². The number of non-ortho nitro benzene ring substituents is 1. The molecule has 19 heavy (non-hydrogen) atoms. The zero-order valence-corrected chi connectivity index (χ0v) is 10.3. The summed E-state index contributed by atoms with van der Waals surface area (Å²) in [5.41, 5.74) is 0.637. The van der Waals surface area contributed by atoms with Gasteiger partial charge in [-0.05, 0) is 30.7 Å². The maximum Gasteiger partial charge on any atom is 0.330 e. The highest BCUT2D eigenvalue weighted by atomic mass is 16.6. The highest BCUT2D eigenvalue weighted by molar-refractivity contribution is 5.87. The van der Waals surface area contributed by atoms with Gasteiger partial charge < -0.3 is 4.74 Å². The van der Waals surface area contributed by atoms with Gasteiger partial charge in [-0.2, -0.15) is 5.26 Å². The van der Waals surface area contributed by atoms with E-state index in [-0.39, 0.29) is 18.2 Å². The minimum atomic E-state index is -0.555. The first-order valence-corrected chi connectivity index (χ1v) is 5.52. The van der Waals surface area contributed by atoms with Crippen molar-refractivity contribution >= 4 is 17.7 Å². The van der Waals surface area contributed by atoms with Crippen LogP contribution in [0.25, 0.3) is 6.08 Å². The van der Waals surface area contributed by atoms with Crippen molar-refractivity contribution < 1.29 is 14.5 Å². The van der Waals surface area contributed by atoms with Crippen LogP contribution in [0.3, 0.4) is 0 Å². The van der Waals surface area contributed by atoms with Crippen LogP contribution in [0.1, 0.15) is 12.5 Å². The third-order valence-electron chi connectivity index (χ3n) is 2.21. The molecule has 1 atom stereocenters. The van der Waals surface area contributed by atoms with E-state index in [0.717, 1.165) is 0 Å². The van der Waals surface area contributed by atoms with Crippen molar-refractivity contribution in [3.63, 3.8) is 0 Å². The lowest BCUT2D eigenvalue weighted by atomic mass is 10.2. The molecule has 6 nitrogen and oxygen atoms in total. The summed E-state index contributed by atoms with van der Waals surface area (Å²) in [6, 6.07) is 7.70. The highest BCUT2D eigenvalue weighted by Gasteiger charge is 2.04. The van der Waals surface area contributed by atoms with Gasteiger partial charge in [0.2, 0.25) is 0 Å². The number of nitriles is 1. The van der Waals surface area contributed by atoms with Gasteiger partial charge in [0.05, 0.1) is 16.9 Å². The van der Waals surface area contributed by atoms with Gasteiger partial charge in [-0.1, -0.05) is 0 Å². The molecule has 0 aliphatic carbocycles. The van der Waals surface area contributed by atoms with Crippen LogP contribution in [-0.2, 0) is 9.53 Å². The number of carbonyl (C=O) groups excluding carboxylic acids is 1. The molecule has 0 spiro atoms. The molecular weight excluding hydrogens is 248 g/mol. The number of hydrogen-bond acceptors (Lipinski definition) is 5. The van der Waals surface area contributed by atoms with Crippen molar-refractivity contribution in [2.45, 2.75) is 6.92 Å². The molecule has 0 fully saturated rings. The lowest BCUT2D eigenvalue weighted by Gasteiger charge is -2.02. The lowest BCUT2D eigenvalue weighted by molar-refractivity contribution is -0.384. The van der Waals surface area contributed by atoms with Crippen LogP contribution in [0.2, 0.25) is 0 Å². The number of benzene rings is 1. The van der Waals surface area contributed by atoms with Gasteiger partial charge in [0.1, 0.15) is 6.61 Å². The predicted octanol–water partition coefficient (Wildman–Crippen LogP) is 2.31. The summed E-state index contributed by atoms with van der Waals surface area (Å²) in [5, 5.41) is 19.0. The molecule has 98 valence electrons. The topological polar surface area (TPSA) is 93.2 Å².